The van der Waals surface area contributed by atoms with E-state index in [-0.39, 0.29) is 11.5 Å². The Balaban J connectivity index is 2.30. The summed E-state index contributed by atoms with van der Waals surface area (Å²) in [6, 6.07) is 7.63. The van der Waals surface area contributed by atoms with E-state index < -0.39 is 9.84 Å². The smallest absolute Gasteiger partial charge is 0.161 e. The van der Waals surface area contributed by atoms with Gasteiger partial charge in [0, 0.05) is 0 Å². The van der Waals surface area contributed by atoms with Gasteiger partial charge in [-0.15, -0.1) is 6.42 Å². The fourth-order valence-corrected chi connectivity index (χ4v) is 2.26. The summed E-state index contributed by atoms with van der Waals surface area (Å²) in [6.45, 7) is 2.38. The second kappa shape index (κ2) is 6.31. The molecule has 0 heterocycles. The van der Waals surface area contributed by atoms with Gasteiger partial charge in [0.1, 0.15) is 11.5 Å². The first-order chi connectivity index (χ1) is 8.03. The topological polar surface area (TPSA) is 43.4 Å². The Morgan fingerprint density at radius 1 is 1.29 bits per heavy atom. The number of rotatable bonds is 6. The summed E-state index contributed by atoms with van der Waals surface area (Å²) in [4.78, 5) is 0. The molecule has 0 amide bonds. The van der Waals surface area contributed by atoms with Crippen molar-refractivity contribution in [2.75, 3.05) is 18.1 Å². The van der Waals surface area contributed by atoms with Crippen LogP contribution in [-0.4, -0.2) is 26.5 Å². The van der Waals surface area contributed by atoms with Gasteiger partial charge in [0.2, 0.25) is 0 Å². The van der Waals surface area contributed by atoms with Crippen molar-refractivity contribution in [1.82, 2.24) is 0 Å². The molecule has 0 atom stereocenters. The van der Waals surface area contributed by atoms with E-state index in [0.29, 0.717) is 13.0 Å². The van der Waals surface area contributed by atoms with Gasteiger partial charge in [0.05, 0.1) is 12.4 Å². The molecule has 0 aliphatic heterocycles. The Labute approximate surface area is 103 Å². The van der Waals surface area contributed by atoms with E-state index in [1.807, 2.05) is 31.2 Å². The van der Waals surface area contributed by atoms with Crippen LogP contribution in [0, 0.1) is 19.3 Å². The first-order valence-electron chi connectivity index (χ1n) is 5.37. The standard InChI is InChI=1S/C13H16O3S/c1-3-10-17(14,15)11-4-9-16-13-7-5-12(2)6-8-13/h1,5-8H,4,9-11H2,2H3. The molecule has 0 N–H and O–H groups in total. The summed E-state index contributed by atoms with van der Waals surface area (Å²) in [5.41, 5.74) is 1.16. The maximum Gasteiger partial charge on any atom is 0.161 e. The van der Waals surface area contributed by atoms with Crippen LogP contribution in [-0.2, 0) is 9.84 Å². The van der Waals surface area contributed by atoms with Gasteiger partial charge < -0.3 is 4.74 Å². The zero-order valence-corrected chi connectivity index (χ0v) is 10.7. The number of terminal acetylenes is 1. The summed E-state index contributed by atoms with van der Waals surface area (Å²) in [7, 11) is -3.11. The first-order valence-corrected chi connectivity index (χ1v) is 7.19. The highest BCUT2D eigenvalue weighted by Gasteiger charge is 2.08. The highest BCUT2D eigenvalue weighted by Crippen LogP contribution is 2.11. The fraction of sp³-hybridized carbons (Fsp3) is 0.385. The molecule has 0 radical (unpaired) electrons. The SMILES string of the molecule is C#CCS(=O)(=O)CCCOc1ccc(C)cc1. The Kier molecular flexibility index (Phi) is 5.05. The lowest BCUT2D eigenvalue weighted by Crippen LogP contribution is -2.12. The van der Waals surface area contributed by atoms with Crippen LogP contribution >= 0.6 is 0 Å². The largest absolute Gasteiger partial charge is 0.494 e. The molecule has 0 unspecified atom stereocenters. The van der Waals surface area contributed by atoms with Crippen LogP contribution in [0.25, 0.3) is 0 Å². The minimum absolute atomic E-state index is 0.0725. The lowest BCUT2D eigenvalue weighted by atomic mass is 10.2. The lowest BCUT2D eigenvalue weighted by Gasteiger charge is -2.06. The molecule has 0 saturated carbocycles. The Morgan fingerprint density at radius 2 is 1.94 bits per heavy atom. The number of benzene rings is 1. The number of sulfone groups is 1. The average Bonchev–Trinajstić information content (AvgIpc) is 2.27. The van der Waals surface area contributed by atoms with Crippen molar-refractivity contribution in [2.24, 2.45) is 0 Å². The molecule has 0 bridgehead atoms. The molecular formula is C13H16O3S. The van der Waals surface area contributed by atoms with E-state index in [4.69, 9.17) is 11.2 Å². The minimum atomic E-state index is -3.11. The normalized spacial score (nSPS) is 10.8. The molecule has 0 aromatic heterocycles. The lowest BCUT2D eigenvalue weighted by molar-refractivity contribution is 0.317. The molecule has 92 valence electrons. The Morgan fingerprint density at radius 3 is 2.53 bits per heavy atom. The Bertz CT molecular complexity index is 480. The summed E-state index contributed by atoms with van der Waals surface area (Å²) in [5.74, 6) is 2.77. The third-order valence-corrected chi connectivity index (χ3v) is 3.71. The molecule has 1 aromatic carbocycles. The number of hydrogen-bond acceptors (Lipinski definition) is 3. The van der Waals surface area contributed by atoms with Gasteiger partial charge in [-0.3, -0.25) is 0 Å². The molecule has 0 aliphatic carbocycles. The van der Waals surface area contributed by atoms with Gasteiger partial charge in [-0.1, -0.05) is 23.6 Å². The second-order valence-corrected chi connectivity index (χ2v) is 6.00. The predicted molar refractivity (Wildman–Crippen MR) is 68.8 cm³/mol. The van der Waals surface area contributed by atoms with E-state index in [9.17, 15) is 8.42 Å². The summed E-state index contributed by atoms with van der Waals surface area (Å²) < 4.78 is 28.0. The van der Waals surface area contributed by atoms with Crippen molar-refractivity contribution < 1.29 is 13.2 Å². The molecular weight excluding hydrogens is 236 g/mol. The van der Waals surface area contributed by atoms with E-state index in [0.717, 1.165) is 11.3 Å². The quantitative estimate of drug-likeness (QED) is 0.573. The van der Waals surface area contributed by atoms with Gasteiger partial charge in [-0.05, 0) is 25.5 Å². The van der Waals surface area contributed by atoms with Crippen molar-refractivity contribution in [3.63, 3.8) is 0 Å². The Hall–Kier alpha value is -1.47. The molecule has 4 heteroatoms. The average molecular weight is 252 g/mol. The molecule has 0 aliphatic rings. The van der Waals surface area contributed by atoms with Crippen LogP contribution in [0.15, 0.2) is 24.3 Å². The molecule has 0 saturated heterocycles. The highest BCUT2D eigenvalue weighted by atomic mass is 32.2. The van der Waals surface area contributed by atoms with Gasteiger partial charge in [0.15, 0.2) is 9.84 Å². The summed E-state index contributed by atoms with van der Waals surface area (Å²) in [6.07, 6.45) is 5.42. The summed E-state index contributed by atoms with van der Waals surface area (Å²) >= 11 is 0. The zero-order valence-electron chi connectivity index (χ0n) is 9.85. The molecule has 1 rings (SSSR count). The number of ether oxygens (including phenoxy) is 1. The highest BCUT2D eigenvalue weighted by molar-refractivity contribution is 7.91. The monoisotopic (exact) mass is 252 g/mol. The number of aryl methyl sites for hydroxylation is 1. The van der Waals surface area contributed by atoms with E-state index in [1.54, 1.807) is 0 Å². The van der Waals surface area contributed by atoms with Gasteiger partial charge in [-0.2, -0.15) is 0 Å². The molecule has 0 spiro atoms. The fourth-order valence-electron chi connectivity index (χ4n) is 1.30. The summed E-state index contributed by atoms with van der Waals surface area (Å²) in [5, 5.41) is 0. The number of hydrogen-bond donors (Lipinski definition) is 0. The van der Waals surface area contributed by atoms with Crippen molar-refractivity contribution in [1.29, 1.82) is 0 Å². The van der Waals surface area contributed by atoms with Gasteiger partial charge in [-0.25, -0.2) is 8.42 Å². The van der Waals surface area contributed by atoms with Crippen molar-refractivity contribution >= 4 is 9.84 Å². The van der Waals surface area contributed by atoms with Gasteiger partial charge >= 0.3 is 0 Å². The third kappa shape index (κ3) is 5.41. The van der Waals surface area contributed by atoms with Crippen LogP contribution in [0.3, 0.4) is 0 Å². The molecule has 0 fully saturated rings. The van der Waals surface area contributed by atoms with Crippen LogP contribution in [0.1, 0.15) is 12.0 Å². The van der Waals surface area contributed by atoms with Gasteiger partial charge in [0.25, 0.3) is 0 Å². The third-order valence-electron chi connectivity index (χ3n) is 2.19. The first kappa shape index (κ1) is 13.6. The zero-order chi connectivity index (χ0) is 12.7. The maximum atomic E-state index is 11.3. The maximum absolute atomic E-state index is 11.3. The van der Waals surface area contributed by atoms with Crippen LogP contribution in [0.2, 0.25) is 0 Å². The van der Waals surface area contributed by atoms with Crippen molar-refractivity contribution in [2.45, 2.75) is 13.3 Å². The van der Waals surface area contributed by atoms with Crippen LogP contribution in [0.5, 0.6) is 5.75 Å². The van der Waals surface area contributed by atoms with Crippen molar-refractivity contribution in [3.05, 3.63) is 29.8 Å². The minimum Gasteiger partial charge on any atom is -0.494 e. The van der Waals surface area contributed by atoms with Crippen molar-refractivity contribution in [3.8, 4) is 18.1 Å². The van der Waals surface area contributed by atoms with E-state index in [2.05, 4.69) is 5.92 Å². The van der Waals surface area contributed by atoms with Crippen LogP contribution < -0.4 is 4.74 Å². The predicted octanol–water partition coefficient (Wildman–Crippen LogP) is 1.81. The second-order valence-electron chi connectivity index (χ2n) is 3.81. The van der Waals surface area contributed by atoms with E-state index in [1.165, 1.54) is 0 Å². The molecule has 17 heavy (non-hydrogen) atoms. The molecule has 1 aromatic rings. The molecule has 3 nitrogen and oxygen atoms in total. The van der Waals surface area contributed by atoms with Crippen LogP contribution in [0.4, 0.5) is 0 Å². The van der Waals surface area contributed by atoms with E-state index >= 15 is 0 Å².